The van der Waals surface area contributed by atoms with Crippen molar-refractivity contribution in [3.8, 4) is 11.5 Å². The second kappa shape index (κ2) is 7.78. The van der Waals surface area contributed by atoms with E-state index in [1.807, 2.05) is 12.1 Å². The Hall–Kier alpha value is -3.98. The van der Waals surface area contributed by atoms with Crippen LogP contribution in [0.5, 0.6) is 11.5 Å². The molecule has 0 aliphatic carbocycles. The lowest BCUT2D eigenvalue weighted by Crippen LogP contribution is -2.59. The van der Waals surface area contributed by atoms with Gasteiger partial charge < -0.3 is 14.4 Å². The SMILES string of the molecule is C=Cc1ccc(CN2c3ccc(OC)cc3C(C)(C)C23C=Cc2c(ccc4ccccc24)O3)cc1. The van der Waals surface area contributed by atoms with Gasteiger partial charge in [-0.1, -0.05) is 67.3 Å². The summed E-state index contributed by atoms with van der Waals surface area (Å²) in [6, 6.07) is 27.7. The van der Waals surface area contributed by atoms with Crippen molar-refractivity contribution in [2.75, 3.05) is 12.0 Å². The van der Waals surface area contributed by atoms with Crippen molar-refractivity contribution in [3.05, 3.63) is 114 Å². The quantitative estimate of drug-likeness (QED) is 0.314. The minimum atomic E-state index is -0.686. The van der Waals surface area contributed by atoms with Gasteiger partial charge in [0.25, 0.3) is 0 Å². The summed E-state index contributed by atoms with van der Waals surface area (Å²) >= 11 is 0. The molecule has 35 heavy (non-hydrogen) atoms. The summed E-state index contributed by atoms with van der Waals surface area (Å²) in [4.78, 5) is 2.40. The van der Waals surface area contributed by atoms with E-state index in [1.165, 1.54) is 21.9 Å². The summed E-state index contributed by atoms with van der Waals surface area (Å²) in [5, 5.41) is 2.42. The maximum atomic E-state index is 7.07. The van der Waals surface area contributed by atoms with Crippen LogP contribution in [0.3, 0.4) is 0 Å². The van der Waals surface area contributed by atoms with Gasteiger partial charge >= 0.3 is 0 Å². The fourth-order valence-corrected chi connectivity index (χ4v) is 5.65. The molecule has 0 saturated carbocycles. The Bertz CT molecular complexity index is 1480. The van der Waals surface area contributed by atoms with E-state index in [0.29, 0.717) is 6.54 Å². The van der Waals surface area contributed by atoms with Crippen molar-refractivity contribution in [1.29, 1.82) is 0 Å². The second-order valence-corrected chi connectivity index (χ2v) is 9.87. The van der Waals surface area contributed by atoms with Gasteiger partial charge in [-0.05, 0) is 77.7 Å². The van der Waals surface area contributed by atoms with Crippen molar-refractivity contribution in [3.63, 3.8) is 0 Å². The molecule has 3 nitrogen and oxygen atoms in total. The average Bonchev–Trinajstić information content (AvgIpc) is 3.06. The Labute approximate surface area is 206 Å². The summed E-state index contributed by atoms with van der Waals surface area (Å²) in [6.07, 6.45) is 6.38. The van der Waals surface area contributed by atoms with Crippen LogP contribution in [-0.2, 0) is 12.0 Å². The molecule has 3 heteroatoms. The van der Waals surface area contributed by atoms with Crippen molar-refractivity contribution in [2.24, 2.45) is 0 Å². The molecule has 1 unspecified atom stereocenters. The van der Waals surface area contributed by atoms with Crippen LogP contribution >= 0.6 is 0 Å². The highest BCUT2D eigenvalue weighted by atomic mass is 16.5. The predicted octanol–water partition coefficient (Wildman–Crippen LogP) is 7.59. The summed E-state index contributed by atoms with van der Waals surface area (Å²) < 4.78 is 12.7. The maximum absolute atomic E-state index is 7.07. The van der Waals surface area contributed by atoms with E-state index < -0.39 is 5.72 Å². The van der Waals surface area contributed by atoms with Crippen molar-refractivity contribution >= 4 is 28.6 Å². The Morgan fingerprint density at radius 2 is 1.77 bits per heavy atom. The molecular weight excluding hydrogens is 430 g/mol. The fourth-order valence-electron chi connectivity index (χ4n) is 5.65. The number of methoxy groups -OCH3 is 1. The van der Waals surface area contributed by atoms with Gasteiger partial charge in [-0.15, -0.1) is 0 Å². The highest BCUT2D eigenvalue weighted by Gasteiger charge is 2.59. The zero-order valence-electron chi connectivity index (χ0n) is 20.4. The Morgan fingerprint density at radius 3 is 2.54 bits per heavy atom. The van der Waals surface area contributed by atoms with Gasteiger partial charge in [0.05, 0.1) is 12.5 Å². The van der Waals surface area contributed by atoms with Crippen molar-refractivity contribution in [2.45, 2.75) is 31.5 Å². The third kappa shape index (κ3) is 3.11. The van der Waals surface area contributed by atoms with Crippen LogP contribution in [0.25, 0.3) is 22.9 Å². The van der Waals surface area contributed by atoms with Gasteiger partial charge in [0, 0.05) is 17.8 Å². The maximum Gasteiger partial charge on any atom is 0.212 e. The lowest BCUT2D eigenvalue weighted by atomic mass is 9.76. The molecule has 0 fully saturated rings. The van der Waals surface area contributed by atoms with Gasteiger partial charge in [0.15, 0.2) is 0 Å². The van der Waals surface area contributed by atoms with Crippen LogP contribution in [0.15, 0.2) is 91.5 Å². The number of benzene rings is 4. The average molecular weight is 460 g/mol. The molecule has 4 aromatic carbocycles. The van der Waals surface area contributed by atoms with Crippen molar-refractivity contribution in [1.82, 2.24) is 0 Å². The number of hydrogen-bond donors (Lipinski definition) is 0. The molecule has 0 radical (unpaired) electrons. The molecule has 0 bridgehead atoms. The summed E-state index contributed by atoms with van der Waals surface area (Å²) in [7, 11) is 1.72. The minimum absolute atomic E-state index is 0.336. The number of rotatable bonds is 4. The van der Waals surface area contributed by atoms with Gasteiger partial charge in [-0.25, -0.2) is 0 Å². The molecule has 2 heterocycles. The van der Waals surface area contributed by atoms with Crippen LogP contribution in [0, 0.1) is 0 Å². The van der Waals surface area contributed by atoms with Crippen LogP contribution in [0.1, 0.15) is 36.1 Å². The molecule has 2 aliphatic heterocycles. The molecule has 174 valence electrons. The lowest BCUT2D eigenvalue weighted by Gasteiger charge is -2.47. The van der Waals surface area contributed by atoms with E-state index in [1.54, 1.807) is 7.11 Å². The summed E-state index contributed by atoms with van der Waals surface area (Å²) in [6.45, 7) is 9.14. The highest BCUT2D eigenvalue weighted by Crippen LogP contribution is 2.56. The van der Waals surface area contributed by atoms with Crippen LogP contribution in [0.4, 0.5) is 5.69 Å². The van der Waals surface area contributed by atoms with Crippen LogP contribution < -0.4 is 14.4 Å². The molecule has 0 N–H and O–H groups in total. The Kier molecular flexibility index (Phi) is 4.79. The van der Waals surface area contributed by atoms with Gasteiger partial charge in [-0.2, -0.15) is 0 Å². The third-order valence-corrected chi connectivity index (χ3v) is 7.69. The molecule has 0 saturated heterocycles. The largest absolute Gasteiger partial charge is 0.497 e. The lowest BCUT2D eigenvalue weighted by molar-refractivity contribution is 0.0523. The predicted molar refractivity (Wildman–Crippen MR) is 145 cm³/mol. The molecule has 1 spiro atoms. The van der Waals surface area contributed by atoms with Crippen LogP contribution in [-0.4, -0.2) is 12.8 Å². The number of ether oxygens (including phenoxy) is 2. The zero-order valence-corrected chi connectivity index (χ0v) is 20.4. The number of fused-ring (bicyclic) bond motifs is 4. The van der Waals surface area contributed by atoms with Gasteiger partial charge in [0.1, 0.15) is 11.5 Å². The van der Waals surface area contributed by atoms with E-state index in [2.05, 4.69) is 110 Å². The molecular formula is C32H29NO2. The minimum Gasteiger partial charge on any atom is -0.497 e. The van der Waals surface area contributed by atoms with Gasteiger partial charge in [0.2, 0.25) is 5.72 Å². The van der Waals surface area contributed by atoms with E-state index in [0.717, 1.165) is 28.3 Å². The second-order valence-electron chi connectivity index (χ2n) is 9.87. The fraction of sp³-hybridized carbons (Fsp3) is 0.188. The number of anilines is 1. The molecule has 0 amide bonds. The Balaban J connectivity index is 1.52. The summed E-state index contributed by atoms with van der Waals surface area (Å²) in [5.74, 6) is 1.77. The topological polar surface area (TPSA) is 21.7 Å². The molecule has 2 aliphatic rings. The van der Waals surface area contributed by atoms with Crippen LogP contribution in [0.2, 0.25) is 0 Å². The first-order chi connectivity index (χ1) is 17.0. The first-order valence-electron chi connectivity index (χ1n) is 12.0. The zero-order chi connectivity index (χ0) is 24.2. The first-order valence-corrected chi connectivity index (χ1v) is 12.0. The van der Waals surface area contributed by atoms with E-state index in [-0.39, 0.29) is 5.41 Å². The Morgan fingerprint density at radius 1 is 0.971 bits per heavy atom. The molecule has 0 aromatic heterocycles. The molecule has 1 atom stereocenters. The van der Waals surface area contributed by atoms with E-state index in [9.17, 15) is 0 Å². The summed E-state index contributed by atoms with van der Waals surface area (Å²) in [5.41, 5.74) is 4.83. The number of nitrogens with zero attached hydrogens (tertiary/aromatic N) is 1. The van der Waals surface area contributed by atoms with Gasteiger partial charge in [-0.3, -0.25) is 0 Å². The normalized spacial score (nSPS) is 19.3. The third-order valence-electron chi connectivity index (χ3n) is 7.69. The van der Waals surface area contributed by atoms with E-state index in [4.69, 9.17) is 9.47 Å². The monoisotopic (exact) mass is 459 g/mol. The molecule has 4 aromatic rings. The van der Waals surface area contributed by atoms with Crippen molar-refractivity contribution < 1.29 is 9.47 Å². The number of hydrogen-bond acceptors (Lipinski definition) is 3. The first kappa shape index (κ1) is 21.5. The highest BCUT2D eigenvalue weighted by molar-refractivity contribution is 5.94. The standard InChI is InChI=1S/C32H29NO2/c1-5-22-10-12-23(13-11-22)21-33-29-16-15-25(34-4)20-28(29)31(2,3)32(33)19-18-27-26-9-7-6-8-24(26)14-17-30(27)35-32/h5-20H,1,21H2,2-4H3. The molecule has 6 rings (SSSR count). The van der Waals surface area contributed by atoms with E-state index >= 15 is 0 Å². The smallest absolute Gasteiger partial charge is 0.212 e.